The van der Waals surface area contributed by atoms with Crippen molar-refractivity contribution < 1.29 is 19.4 Å². The minimum absolute atomic E-state index is 0.0774. The molecule has 158 valence electrons. The highest BCUT2D eigenvalue weighted by molar-refractivity contribution is 6.02. The molecule has 1 aliphatic carbocycles. The van der Waals surface area contributed by atoms with Crippen molar-refractivity contribution in [3.63, 3.8) is 0 Å². The summed E-state index contributed by atoms with van der Waals surface area (Å²) >= 11 is 0. The van der Waals surface area contributed by atoms with Crippen LogP contribution in [0.15, 0.2) is 18.2 Å². The van der Waals surface area contributed by atoms with Crippen LogP contribution in [0.25, 0.3) is 0 Å². The Hall–Kier alpha value is -2.87. The van der Waals surface area contributed by atoms with E-state index in [0.29, 0.717) is 49.8 Å². The predicted octanol–water partition coefficient (Wildman–Crippen LogP) is 2.12. The fourth-order valence-corrected chi connectivity index (χ4v) is 5.20. The summed E-state index contributed by atoms with van der Waals surface area (Å²) in [6.45, 7) is 2.90. The van der Waals surface area contributed by atoms with Gasteiger partial charge in [0.1, 0.15) is 19.0 Å². The summed E-state index contributed by atoms with van der Waals surface area (Å²) < 4.78 is 11.5. The molecule has 3 heterocycles. The first kappa shape index (κ1) is 19.1. The number of hydrogen-bond donors (Lipinski definition) is 3. The van der Waals surface area contributed by atoms with Crippen LogP contribution < -0.4 is 20.5 Å². The van der Waals surface area contributed by atoms with Crippen molar-refractivity contribution in [2.24, 2.45) is 5.92 Å². The number of benzene rings is 1. The molecule has 1 fully saturated rings. The van der Waals surface area contributed by atoms with Crippen molar-refractivity contribution in [2.75, 3.05) is 24.3 Å². The lowest BCUT2D eigenvalue weighted by Crippen LogP contribution is -2.52. The second-order valence-electron chi connectivity index (χ2n) is 8.46. The Kier molecular flexibility index (Phi) is 4.54. The molecule has 5 rings (SSSR count). The summed E-state index contributed by atoms with van der Waals surface area (Å²) in [5.41, 5.74) is 7.59. The van der Waals surface area contributed by atoms with E-state index in [4.69, 9.17) is 15.2 Å². The van der Waals surface area contributed by atoms with Gasteiger partial charge >= 0.3 is 0 Å². The van der Waals surface area contributed by atoms with E-state index in [-0.39, 0.29) is 23.9 Å². The number of aromatic nitrogens is 2. The van der Waals surface area contributed by atoms with Crippen LogP contribution in [0.5, 0.6) is 11.5 Å². The van der Waals surface area contributed by atoms with Gasteiger partial charge in [0.15, 0.2) is 11.5 Å². The van der Waals surface area contributed by atoms with Gasteiger partial charge in [0, 0.05) is 11.3 Å². The minimum atomic E-state index is -0.798. The normalized spacial score (nSPS) is 27.9. The number of nitrogens with zero attached hydrogens (tertiary/aromatic N) is 2. The molecule has 0 spiro atoms. The summed E-state index contributed by atoms with van der Waals surface area (Å²) in [6, 6.07) is 5.80. The molecule has 3 aliphatic rings. The number of carbonyl (C=O) groups excluding carboxylic acids is 1. The van der Waals surface area contributed by atoms with Crippen LogP contribution >= 0.6 is 0 Å². The third kappa shape index (κ3) is 2.98. The number of hydrogen-bond acceptors (Lipinski definition) is 7. The van der Waals surface area contributed by atoms with Gasteiger partial charge in [-0.3, -0.25) is 4.79 Å². The predicted molar refractivity (Wildman–Crippen MR) is 111 cm³/mol. The van der Waals surface area contributed by atoms with Gasteiger partial charge < -0.3 is 25.6 Å². The van der Waals surface area contributed by atoms with E-state index in [1.807, 2.05) is 25.1 Å². The van der Waals surface area contributed by atoms with Gasteiger partial charge in [0.05, 0.1) is 11.5 Å². The molecule has 8 nitrogen and oxygen atoms in total. The number of ether oxygens (including phenoxy) is 2. The first-order valence-corrected chi connectivity index (χ1v) is 10.5. The largest absolute Gasteiger partial charge is 0.486 e. The number of carbonyl (C=O) groups is 1. The molecule has 0 bridgehead atoms. The number of nitrogens with one attached hydrogen (secondary N) is 1. The van der Waals surface area contributed by atoms with Crippen molar-refractivity contribution in [1.82, 2.24) is 9.97 Å². The molecule has 0 radical (unpaired) electrons. The van der Waals surface area contributed by atoms with E-state index >= 15 is 0 Å². The Labute approximate surface area is 174 Å². The topological polar surface area (TPSA) is 120 Å². The number of fused-ring (bicyclic) bond motifs is 2. The number of nitrogens with two attached hydrogens (primary N) is 1. The number of rotatable bonds is 2. The van der Waals surface area contributed by atoms with E-state index in [1.165, 1.54) is 0 Å². The molecule has 1 aromatic heterocycles. The van der Waals surface area contributed by atoms with Crippen molar-refractivity contribution >= 4 is 17.7 Å². The van der Waals surface area contributed by atoms with Gasteiger partial charge in [-0.2, -0.15) is 4.98 Å². The second-order valence-corrected chi connectivity index (χ2v) is 8.46. The average molecular weight is 410 g/mol. The number of anilines is 2. The van der Waals surface area contributed by atoms with Crippen LogP contribution in [0.3, 0.4) is 0 Å². The molecule has 1 aromatic carbocycles. The molecular formula is C22H26N4O4. The monoisotopic (exact) mass is 410 g/mol. The zero-order valence-electron chi connectivity index (χ0n) is 17.0. The molecule has 8 heteroatoms. The Morgan fingerprint density at radius 3 is 2.63 bits per heavy atom. The van der Waals surface area contributed by atoms with E-state index in [9.17, 15) is 9.90 Å². The Morgan fingerprint density at radius 1 is 1.13 bits per heavy atom. The van der Waals surface area contributed by atoms with Crippen LogP contribution in [0.4, 0.5) is 11.8 Å². The van der Waals surface area contributed by atoms with Gasteiger partial charge in [0.2, 0.25) is 11.9 Å². The number of aryl methyl sites for hydroxylation is 1. The van der Waals surface area contributed by atoms with E-state index < -0.39 is 5.41 Å². The smallest absolute Gasteiger partial charge is 0.236 e. The number of aliphatic hydroxyl groups is 1. The fraction of sp³-hybridized carbons (Fsp3) is 0.500. The van der Waals surface area contributed by atoms with Gasteiger partial charge in [-0.15, -0.1) is 0 Å². The quantitative estimate of drug-likeness (QED) is 0.694. The lowest BCUT2D eigenvalue weighted by Gasteiger charge is -2.45. The molecule has 1 saturated carbocycles. The van der Waals surface area contributed by atoms with Crippen molar-refractivity contribution in [1.29, 1.82) is 0 Å². The summed E-state index contributed by atoms with van der Waals surface area (Å²) in [5.74, 6) is 1.99. The maximum absolute atomic E-state index is 13.7. The fourth-order valence-electron chi connectivity index (χ4n) is 5.20. The van der Waals surface area contributed by atoms with Crippen LogP contribution in [-0.4, -0.2) is 40.3 Å². The zero-order chi connectivity index (χ0) is 20.9. The first-order chi connectivity index (χ1) is 14.5. The Balaban J connectivity index is 1.65. The van der Waals surface area contributed by atoms with Gasteiger partial charge in [-0.05, 0) is 62.6 Å². The summed E-state index contributed by atoms with van der Waals surface area (Å²) in [5, 5.41) is 13.1. The standard InChI is InChI=1S/C22H26N4O4/c1-12-16-11-22(13-2-5-15(27)6-3-13,20(28)25-19(16)26-21(23)24-12)14-4-7-17-18(10-14)30-9-8-29-17/h4,7,10,13,15,27H,2-3,5-6,8-9,11H2,1H3,(H3,23,24,25,26,28)/t13-,15-,22?. The van der Waals surface area contributed by atoms with Crippen LogP contribution in [0.1, 0.15) is 42.5 Å². The lowest BCUT2D eigenvalue weighted by atomic mass is 9.60. The van der Waals surface area contributed by atoms with Crippen molar-refractivity contribution in [3.05, 3.63) is 35.0 Å². The number of amides is 1. The van der Waals surface area contributed by atoms with Gasteiger partial charge in [0.25, 0.3) is 0 Å². The van der Waals surface area contributed by atoms with Gasteiger partial charge in [-0.25, -0.2) is 4.98 Å². The average Bonchev–Trinajstić information content (AvgIpc) is 2.74. The van der Waals surface area contributed by atoms with E-state index in [1.54, 1.807) is 0 Å². The molecule has 30 heavy (non-hydrogen) atoms. The highest BCUT2D eigenvalue weighted by Crippen LogP contribution is 2.49. The minimum Gasteiger partial charge on any atom is -0.486 e. The molecule has 2 aromatic rings. The molecule has 1 atom stereocenters. The first-order valence-electron chi connectivity index (χ1n) is 10.5. The molecule has 1 unspecified atom stereocenters. The Bertz CT molecular complexity index is 1000. The Morgan fingerprint density at radius 2 is 1.87 bits per heavy atom. The molecule has 4 N–H and O–H groups in total. The number of aliphatic hydroxyl groups excluding tert-OH is 1. The lowest BCUT2D eigenvalue weighted by molar-refractivity contribution is -0.125. The van der Waals surface area contributed by atoms with Gasteiger partial charge in [-0.1, -0.05) is 6.07 Å². The molecule has 2 aliphatic heterocycles. The highest BCUT2D eigenvalue weighted by atomic mass is 16.6. The maximum atomic E-state index is 13.7. The summed E-state index contributed by atoms with van der Waals surface area (Å²) in [7, 11) is 0. The zero-order valence-corrected chi connectivity index (χ0v) is 17.0. The highest BCUT2D eigenvalue weighted by Gasteiger charge is 2.51. The molecule has 0 saturated heterocycles. The third-order valence-electron chi connectivity index (χ3n) is 6.77. The SMILES string of the molecule is Cc1nc(N)nc2c1CC(c1ccc3c(c1)OCCO3)([C@H]1CC[C@H](O)CC1)C(=O)N2. The molecule has 1 amide bonds. The second kappa shape index (κ2) is 7.12. The van der Waals surface area contributed by atoms with Crippen LogP contribution in [0.2, 0.25) is 0 Å². The van der Waals surface area contributed by atoms with Crippen molar-refractivity contribution in [2.45, 2.75) is 50.5 Å². The number of nitrogen functional groups attached to an aromatic ring is 1. The molecular weight excluding hydrogens is 384 g/mol. The van der Waals surface area contributed by atoms with Crippen LogP contribution in [-0.2, 0) is 16.6 Å². The summed E-state index contributed by atoms with van der Waals surface area (Å²) in [6.07, 6.45) is 3.10. The third-order valence-corrected chi connectivity index (χ3v) is 6.77. The van der Waals surface area contributed by atoms with Crippen LogP contribution in [0, 0.1) is 12.8 Å². The van der Waals surface area contributed by atoms with E-state index in [0.717, 1.165) is 29.7 Å². The summed E-state index contributed by atoms with van der Waals surface area (Å²) in [4.78, 5) is 22.3. The van der Waals surface area contributed by atoms with E-state index in [2.05, 4.69) is 15.3 Å². The maximum Gasteiger partial charge on any atom is 0.236 e. The van der Waals surface area contributed by atoms with Crippen molar-refractivity contribution in [3.8, 4) is 11.5 Å².